The number of amides is 1. The number of carbonyl (C=O) groups is 1. The van der Waals surface area contributed by atoms with Crippen molar-refractivity contribution < 1.29 is 9.18 Å². The molecular weight excluding hydrogens is 283 g/mol. The zero-order chi connectivity index (χ0) is 15.6. The molecule has 0 unspecified atom stereocenters. The lowest BCUT2D eigenvalue weighted by Crippen LogP contribution is -2.40. The highest BCUT2D eigenvalue weighted by molar-refractivity contribution is 6.21. The third kappa shape index (κ3) is 1.73. The number of nitrogens with zero attached hydrogens (tertiary/aromatic N) is 3. The molecular formula is C16H17FN4O. The predicted octanol–water partition coefficient (Wildman–Crippen LogP) is 2.32. The van der Waals surface area contributed by atoms with Crippen molar-refractivity contribution in [3.05, 3.63) is 34.8 Å². The number of rotatable bonds is 1. The summed E-state index contributed by atoms with van der Waals surface area (Å²) in [6, 6.07) is 3.12. The van der Waals surface area contributed by atoms with E-state index in [1.807, 2.05) is 0 Å². The van der Waals surface area contributed by atoms with Crippen molar-refractivity contribution in [1.29, 1.82) is 0 Å². The van der Waals surface area contributed by atoms with Gasteiger partial charge in [-0.1, -0.05) is 0 Å². The molecule has 1 amide bonds. The Labute approximate surface area is 127 Å². The summed E-state index contributed by atoms with van der Waals surface area (Å²) < 4.78 is 13.9. The second kappa shape index (κ2) is 4.39. The van der Waals surface area contributed by atoms with Gasteiger partial charge in [-0.2, -0.15) is 5.10 Å². The Balaban J connectivity index is 2.06. The fourth-order valence-corrected chi connectivity index (χ4v) is 3.33. The van der Waals surface area contributed by atoms with Crippen molar-refractivity contribution in [2.24, 2.45) is 5.10 Å². The Morgan fingerprint density at radius 1 is 1.32 bits per heavy atom. The maximum Gasteiger partial charge on any atom is 0.274 e. The topological polar surface area (TPSA) is 51.7 Å². The van der Waals surface area contributed by atoms with Crippen molar-refractivity contribution in [3.8, 4) is 0 Å². The summed E-state index contributed by atoms with van der Waals surface area (Å²) >= 11 is 0. The van der Waals surface area contributed by atoms with E-state index in [1.54, 1.807) is 7.05 Å². The van der Waals surface area contributed by atoms with E-state index in [1.165, 1.54) is 17.1 Å². The number of benzene rings is 1. The van der Waals surface area contributed by atoms with Gasteiger partial charge in [0.05, 0.1) is 16.8 Å². The molecule has 4 rings (SSSR count). The SMILES string of the molecule is CC(C)N1CC2=NN(C)C(=O)c3cc(F)cc4[nH]c(c2c34)C1. The Kier molecular flexibility index (Phi) is 2.69. The molecule has 1 aromatic heterocycles. The molecule has 2 aliphatic rings. The molecule has 0 saturated carbocycles. The smallest absolute Gasteiger partial charge is 0.274 e. The van der Waals surface area contributed by atoms with Crippen LogP contribution in [0.1, 0.15) is 35.5 Å². The van der Waals surface area contributed by atoms with Crippen molar-refractivity contribution in [3.63, 3.8) is 0 Å². The normalized spacial score (nSPS) is 18.1. The monoisotopic (exact) mass is 300 g/mol. The first-order chi connectivity index (χ1) is 10.5. The number of hydrogen-bond acceptors (Lipinski definition) is 3. The van der Waals surface area contributed by atoms with Crippen LogP contribution in [0.15, 0.2) is 17.2 Å². The molecule has 2 aromatic rings. The van der Waals surface area contributed by atoms with Crippen molar-refractivity contribution >= 4 is 22.5 Å². The highest BCUT2D eigenvalue weighted by atomic mass is 19.1. The van der Waals surface area contributed by atoms with Gasteiger partial charge in [0.2, 0.25) is 0 Å². The lowest BCUT2D eigenvalue weighted by atomic mass is 9.97. The van der Waals surface area contributed by atoms with Gasteiger partial charge < -0.3 is 4.98 Å². The molecule has 0 saturated heterocycles. The fraction of sp³-hybridized carbons (Fsp3) is 0.375. The van der Waals surface area contributed by atoms with Crippen molar-refractivity contribution in [2.75, 3.05) is 13.6 Å². The number of aromatic nitrogens is 1. The standard InChI is InChI=1S/C16H17FN4O/c1-8(2)21-6-12-15-13(7-21)19-20(3)16(22)10-4-9(17)5-11(18-12)14(10)15/h4-5,8,18H,6-7H2,1-3H3. The largest absolute Gasteiger partial charge is 0.357 e. The lowest BCUT2D eigenvalue weighted by Gasteiger charge is -2.31. The molecule has 6 heteroatoms. The molecule has 0 fully saturated rings. The van der Waals surface area contributed by atoms with Crippen LogP contribution in [0, 0.1) is 5.82 Å². The van der Waals surface area contributed by atoms with Crippen LogP contribution >= 0.6 is 0 Å². The molecule has 0 spiro atoms. The van der Waals surface area contributed by atoms with Gasteiger partial charge in [0.25, 0.3) is 5.91 Å². The molecule has 0 bridgehead atoms. The van der Waals surface area contributed by atoms with E-state index in [-0.39, 0.29) is 5.91 Å². The lowest BCUT2D eigenvalue weighted by molar-refractivity contribution is 0.0801. The van der Waals surface area contributed by atoms with Crippen molar-refractivity contribution in [2.45, 2.75) is 26.4 Å². The van der Waals surface area contributed by atoms with Crippen LogP contribution in [-0.2, 0) is 6.54 Å². The quantitative estimate of drug-likeness (QED) is 0.878. The average Bonchev–Trinajstić information content (AvgIpc) is 2.78. The Hall–Kier alpha value is -2.21. The molecule has 1 N–H and O–H groups in total. The third-order valence-electron chi connectivity index (χ3n) is 4.47. The summed E-state index contributed by atoms with van der Waals surface area (Å²) in [6.07, 6.45) is 0. The Morgan fingerprint density at radius 2 is 2.09 bits per heavy atom. The average molecular weight is 300 g/mol. The first-order valence-electron chi connectivity index (χ1n) is 7.39. The number of halogens is 1. The van der Waals surface area contributed by atoms with E-state index in [2.05, 4.69) is 28.8 Å². The summed E-state index contributed by atoms with van der Waals surface area (Å²) in [5, 5.41) is 6.59. The van der Waals surface area contributed by atoms with E-state index in [4.69, 9.17) is 0 Å². The maximum atomic E-state index is 13.9. The van der Waals surface area contributed by atoms with E-state index in [0.717, 1.165) is 28.9 Å². The summed E-state index contributed by atoms with van der Waals surface area (Å²) in [4.78, 5) is 18.1. The van der Waals surface area contributed by atoms with Gasteiger partial charge in [-0.15, -0.1) is 0 Å². The zero-order valence-corrected chi connectivity index (χ0v) is 12.8. The molecule has 1 aromatic carbocycles. The highest BCUT2D eigenvalue weighted by Crippen LogP contribution is 2.34. The van der Waals surface area contributed by atoms with Gasteiger partial charge in [0.1, 0.15) is 5.82 Å². The van der Waals surface area contributed by atoms with Gasteiger partial charge >= 0.3 is 0 Å². The van der Waals surface area contributed by atoms with Crippen LogP contribution in [-0.4, -0.2) is 46.1 Å². The number of aromatic amines is 1. The summed E-state index contributed by atoms with van der Waals surface area (Å²) in [5.74, 6) is -0.684. The van der Waals surface area contributed by atoms with E-state index in [0.29, 0.717) is 23.7 Å². The van der Waals surface area contributed by atoms with E-state index in [9.17, 15) is 9.18 Å². The number of nitrogens with one attached hydrogen (secondary N) is 1. The molecule has 0 atom stereocenters. The third-order valence-corrected chi connectivity index (χ3v) is 4.47. The van der Waals surface area contributed by atoms with Crippen LogP contribution in [0.4, 0.5) is 4.39 Å². The molecule has 0 aliphatic carbocycles. The fourth-order valence-electron chi connectivity index (χ4n) is 3.33. The number of hydrogen-bond donors (Lipinski definition) is 1. The van der Waals surface area contributed by atoms with Gasteiger partial charge in [0.15, 0.2) is 0 Å². The maximum absolute atomic E-state index is 13.9. The molecule has 22 heavy (non-hydrogen) atoms. The molecule has 114 valence electrons. The Bertz CT molecular complexity index is 836. The predicted molar refractivity (Wildman–Crippen MR) is 82.4 cm³/mol. The molecule has 0 radical (unpaired) electrons. The first kappa shape index (κ1) is 13.5. The van der Waals surface area contributed by atoms with Crippen LogP contribution in [0.25, 0.3) is 10.9 Å². The van der Waals surface area contributed by atoms with Gasteiger partial charge in [-0.3, -0.25) is 9.69 Å². The molecule has 2 aliphatic heterocycles. The van der Waals surface area contributed by atoms with Crippen molar-refractivity contribution in [1.82, 2.24) is 14.9 Å². The van der Waals surface area contributed by atoms with Gasteiger partial charge in [-0.25, -0.2) is 9.40 Å². The molecule has 3 heterocycles. The van der Waals surface area contributed by atoms with Crippen LogP contribution < -0.4 is 0 Å². The summed E-state index contributed by atoms with van der Waals surface area (Å²) in [6.45, 7) is 5.70. The van der Waals surface area contributed by atoms with Crippen LogP contribution in [0.2, 0.25) is 0 Å². The number of hydrazone groups is 1. The highest BCUT2D eigenvalue weighted by Gasteiger charge is 2.33. The first-order valence-corrected chi connectivity index (χ1v) is 7.39. The number of carbonyl (C=O) groups excluding carboxylic acids is 1. The van der Waals surface area contributed by atoms with Gasteiger partial charge in [0, 0.05) is 42.8 Å². The van der Waals surface area contributed by atoms with E-state index < -0.39 is 5.82 Å². The van der Waals surface area contributed by atoms with Crippen LogP contribution in [0.3, 0.4) is 0 Å². The minimum Gasteiger partial charge on any atom is -0.357 e. The summed E-state index contributed by atoms with van der Waals surface area (Å²) in [7, 11) is 1.62. The minimum atomic E-state index is -0.410. The second-order valence-corrected chi connectivity index (χ2v) is 6.23. The minimum absolute atomic E-state index is 0.274. The van der Waals surface area contributed by atoms with Crippen LogP contribution in [0.5, 0.6) is 0 Å². The summed E-state index contributed by atoms with van der Waals surface area (Å²) in [5.41, 5.74) is 3.89. The second-order valence-electron chi connectivity index (χ2n) is 6.23. The zero-order valence-electron chi connectivity index (χ0n) is 12.8. The Morgan fingerprint density at radius 3 is 2.82 bits per heavy atom. The van der Waals surface area contributed by atoms with Gasteiger partial charge in [-0.05, 0) is 26.0 Å². The molecule has 5 nitrogen and oxygen atoms in total. The van der Waals surface area contributed by atoms with E-state index >= 15 is 0 Å². The number of H-pyrrole nitrogens is 1.